The second-order valence-electron chi connectivity index (χ2n) is 2.52. The van der Waals surface area contributed by atoms with Crippen molar-refractivity contribution in [1.82, 2.24) is 0 Å². The maximum Gasteiger partial charge on any atom is 0.374 e. The molecule has 0 N–H and O–H groups in total. The third-order valence-electron chi connectivity index (χ3n) is 1.80. The molecule has 1 rings (SSSR count). The first-order valence-corrected chi connectivity index (χ1v) is 3.76. The molecule has 0 aliphatic rings. The summed E-state index contributed by atoms with van der Waals surface area (Å²) in [4.78, 5) is 0. The smallest absolute Gasteiger partial charge is 0.374 e. The lowest BCUT2D eigenvalue weighted by molar-refractivity contribution is 0.614. The molecule has 0 fully saturated rings. The second-order valence-corrected chi connectivity index (χ2v) is 2.52. The van der Waals surface area contributed by atoms with Crippen LogP contribution in [0, 0.1) is 0 Å². The highest BCUT2D eigenvalue weighted by molar-refractivity contribution is 5.99. The molecule has 0 bridgehead atoms. The average Bonchev–Trinajstić information content (AvgIpc) is 2.16. The Labute approximate surface area is 79.4 Å². The van der Waals surface area contributed by atoms with Crippen LogP contribution >= 0.6 is 0 Å². The summed E-state index contributed by atoms with van der Waals surface area (Å²) in [6.45, 7) is 2.94. The topological polar surface area (TPSA) is 9.23 Å². The summed E-state index contributed by atoms with van der Waals surface area (Å²) < 4.78 is 27.7. The van der Waals surface area contributed by atoms with E-state index < -0.39 is 12.3 Å². The van der Waals surface area contributed by atoms with Gasteiger partial charge >= 0.3 is 8.05 Å². The Balaban J connectivity index is 3.06. The fourth-order valence-corrected chi connectivity index (χ4v) is 0.928. The Bertz CT molecular complexity index is 330. The summed E-state index contributed by atoms with van der Waals surface area (Å²) >= 11 is 0. The van der Waals surface area contributed by atoms with Crippen LogP contribution in [0.1, 0.15) is 35.8 Å². The van der Waals surface area contributed by atoms with Crippen LogP contribution in [0.3, 0.4) is 0 Å². The van der Waals surface area contributed by atoms with E-state index >= 15 is 0 Å². The quantitative estimate of drug-likeness (QED) is 0.622. The molecule has 0 heterocycles. The van der Waals surface area contributed by atoms with Crippen LogP contribution in [-0.4, -0.2) is 8.05 Å². The second kappa shape index (κ2) is 4.20. The monoisotopic (exact) mass is 163 g/mol. The molecule has 62 valence electrons. The third-order valence-corrected chi connectivity index (χ3v) is 1.80. The molecule has 0 saturated heterocycles. The Morgan fingerprint density at radius 3 is 2.58 bits per heavy atom. The Hall–Kier alpha value is -0.915. The largest absolute Gasteiger partial charge is 0.568 e. The molecule has 1 atom stereocenters. The van der Waals surface area contributed by atoms with E-state index in [1.54, 1.807) is 31.2 Å². The number of hydrogen-bond donors (Lipinski definition) is 0. The minimum atomic E-state index is -1.61. The summed E-state index contributed by atoms with van der Waals surface area (Å²) in [5.41, 5.74) is 0.593. The Kier molecular flexibility index (Phi) is 1.99. The molecule has 1 nitrogen and oxygen atoms in total. The molecule has 1 aromatic rings. The average molecular weight is 163 g/mol. The molecule has 0 spiro atoms. The van der Waals surface area contributed by atoms with Crippen molar-refractivity contribution in [3.05, 3.63) is 29.8 Å². The van der Waals surface area contributed by atoms with Crippen LogP contribution in [0.25, 0.3) is 0 Å². The van der Waals surface area contributed by atoms with E-state index in [0.29, 0.717) is 11.3 Å². The summed E-state index contributed by atoms with van der Waals surface area (Å²) in [6.07, 6.45) is -1.61. The van der Waals surface area contributed by atoms with E-state index in [4.69, 9.17) is 12.2 Å². The number of rotatable bonds is 3. The fourth-order valence-electron chi connectivity index (χ4n) is 0.928. The summed E-state index contributed by atoms with van der Waals surface area (Å²) in [5.74, 6) is -0.800. The first kappa shape index (κ1) is 5.68. The molecule has 0 amide bonds. The van der Waals surface area contributed by atoms with Gasteiger partial charge in [-0.25, -0.2) is 0 Å². The van der Waals surface area contributed by atoms with Crippen LogP contribution in [-0.2, 0) is 0 Å². The van der Waals surface area contributed by atoms with E-state index in [2.05, 4.69) is 4.65 Å². The van der Waals surface area contributed by atoms with E-state index in [1.807, 2.05) is 0 Å². The predicted molar refractivity (Wildman–Crippen MR) is 51.5 cm³/mol. The van der Waals surface area contributed by atoms with Gasteiger partial charge in [-0.15, -0.1) is 0 Å². The van der Waals surface area contributed by atoms with Gasteiger partial charge in [0.2, 0.25) is 0 Å². The van der Waals surface area contributed by atoms with E-state index in [9.17, 15) is 0 Å². The van der Waals surface area contributed by atoms with Gasteiger partial charge in [-0.05, 0) is 30.0 Å². The van der Waals surface area contributed by atoms with Crippen LogP contribution in [0.5, 0.6) is 5.75 Å². The highest BCUT2D eigenvalue weighted by atomic mass is 16.4. The molecule has 0 aliphatic carbocycles. The maximum absolute atomic E-state index is 8.00. The third kappa shape index (κ3) is 2.03. The van der Waals surface area contributed by atoms with E-state index in [1.165, 1.54) is 6.92 Å². The molecule has 1 unspecified atom stereocenters. The molecule has 2 heteroatoms. The minimum absolute atomic E-state index is 0.492. The van der Waals surface area contributed by atoms with Crippen molar-refractivity contribution in [3.8, 4) is 5.75 Å². The first-order chi connectivity index (χ1) is 6.79. The van der Waals surface area contributed by atoms with Gasteiger partial charge in [-0.2, -0.15) is 0 Å². The lowest BCUT2D eigenvalue weighted by atomic mass is 9.99. The van der Waals surface area contributed by atoms with Crippen molar-refractivity contribution in [1.29, 1.82) is 0 Å². The summed E-state index contributed by atoms with van der Waals surface area (Å²) in [5, 5.41) is 0. The van der Waals surface area contributed by atoms with Gasteiger partial charge in [0.15, 0.2) is 0 Å². The molecule has 0 aliphatic heterocycles. The molecular weight excluding hydrogens is 147 g/mol. The summed E-state index contributed by atoms with van der Waals surface area (Å²) in [7, 11) is 4.97. The number of benzene rings is 1. The predicted octanol–water partition coefficient (Wildman–Crippen LogP) is 2.66. The highest BCUT2D eigenvalue weighted by Gasteiger charge is 2.01. The Morgan fingerprint density at radius 1 is 1.58 bits per heavy atom. The van der Waals surface area contributed by atoms with E-state index in [-0.39, 0.29) is 0 Å². The van der Waals surface area contributed by atoms with Crippen LogP contribution in [0.2, 0.25) is 0 Å². The van der Waals surface area contributed by atoms with Gasteiger partial charge in [0.25, 0.3) is 0 Å². The zero-order chi connectivity index (χ0) is 11.7. The summed E-state index contributed by atoms with van der Waals surface area (Å²) in [6, 6.07) is 6.54. The lowest BCUT2D eigenvalue weighted by Crippen LogP contribution is -1.91. The van der Waals surface area contributed by atoms with Gasteiger partial charge in [-0.3, -0.25) is 0 Å². The van der Waals surface area contributed by atoms with Crippen molar-refractivity contribution in [2.75, 3.05) is 0 Å². The molecular formula is C10H13BO. The maximum atomic E-state index is 8.00. The van der Waals surface area contributed by atoms with Gasteiger partial charge in [0.05, 0.1) is 5.75 Å². The van der Waals surface area contributed by atoms with Gasteiger partial charge in [-0.1, -0.05) is 26.0 Å². The Morgan fingerprint density at radius 2 is 2.17 bits per heavy atom. The van der Waals surface area contributed by atoms with Crippen molar-refractivity contribution in [3.63, 3.8) is 0 Å². The van der Waals surface area contributed by atoms with Gasteiger partial charge in [0.1, 0.15) is 0 Å². The standard InChI is InChI=1S/C10H13BO/c1-3-8(2)9-4-6-10(12-11)7-5-9/h4-8H,3H2,1-2H3/i3D2,8D. The van der Waals surface area contributed by atoms with Crippen molar-refractivity contribution in [2.45, 2.75) is 26.1 Å². The molecule has 2 radical (unpaired) electrons. The van der Waals surface area contributed by atoms with Gasteiger partial charge in [0, 0.05) is 4.11 Å². The van der Waals surface area contributed by atoms with Crippen LogP contribution in [0.4, 0.5) is 0 Å². The van der Waals surface area contributed by atoms with Gasteiger partial charge < -0.3 is 4.65 Å². The van der Waals surface area contributed by atoms with Crippen LogP contribution in [0.15, 0.2) is 24.3 Å². The van der Waals surface area contributed by atoms with Crippen molar-refractivity contribution >= 4 is 8.05 Å². The zero-order valence-corrected chi connectivity index (χ0v) is 7.29. The van der Waals surface area contributed by atoms with Crippen molar-refractivity contribution < 1.29 is 8.77 Å². The molecule has 0 saturated carbocycles. The molecule has 1 aromatic carbocycles. The number of hydrogen-bond acceptors (Lipinski definition) is 1. The highest BCUT2D eigenvalue weighted by Crippen LogP contribution is 2.20. The normalized spacial score (nSPS) is 20.0. The lowest BCUT2D eigenvalue weighted by Gasteiger charge is -2.09. The molecule has 0 aromatic heterocycles. The van der Waals surface area contributed by atoms with Crippen LogP contribution < -0.4 is 4.65 Å². The SMILES string of the molecule is [2H]C([2H])(C)C([2H])(C)c1ccc(O[B])cc1. The first-order valence-electron chi connectivity index (χ1n) is 5.26. The minimum Gasteiger partial charge on any atom is -0.568 e. The molecule has 12 heavy (non-hydrogen) atoms. The van der Waals surface area contributed by atoms with E-state index in [0.717, 1.165) is 0 Å². The fraction of sp³-hybridized carbons (Fsp3) is 0.400. The zero-order valence-electron chi connectivity index (χ0n) is 10.3. The van der Waals surface area contributed by atoms with Crippen molar-refractivity contribution in [2.24, 2.45) is 0 Å².